The van der Waals surface area contributed by atoms with E-state index in [1.807, 2.05) is 30.3 Å². The number of nitrogens with one attached hydrogen (secondary N) is 1. The first-order chi connectivity index (χ1) is 17.3. The number of carbonyl (C=O) groups excluding carboxylic acids is 1. The van der Waals surface area contributed by atoms with Gasteiger partial charge >= 0.3 is 6.18 Å². The zero-order valence-electron chi connectivity index (χ0n) is 20.1. The standard InChI is InChI=1S/C27H33F3N2O4/c28-27(29,30)21-8-6-20(7-9-21)15-32-16-22(33)17-35-18-25-24(32)11-10-23(36-25)14-26(34)31-13-12-19-4-2-1-3-5-19/h1-9,22-25,33H,10-18H2,(H,31,34)/t22-,23-,24-,25+/m0/s1. The molecule has 2 fully saturated rings. The molecular formula is C27H33F3N2O4. The molecule has 0 saturated carbocycles. The lowest BCUT2D eigenvalue weighted by atomic mass is 9.94. The van der Waals surface area contributed by atoms with Crippen molar-refractivity contribution in [1.29, 1.82) is 0 Å². The molecule has 0 spiro atoms. The highest BCUT2D eigenvalue weighted by molar-refractivity contribution is 5.76. The summed E-state index contributed by atoms with van der Waals surface area (Å²) < 4.78 is 50.7. The monoisotopic (exact) mass is 506 g/mol. The van der Waals surface area contributed by atoms with Crippen LogP contribution in [0.25, 0.3) is 0 Å². The largest absolute Gasteiger partial charge is 0.416 e. The van der Waals surface area contributed by atoms with Crippen molar-refractivity contribution in [3.8, 4) is 0 Å². The molecule has 2 saturated heterocycles. The first-order valence-electron chi connectivity index (χ1n) is 12.4. The number of benzene rings is 2. The zero-order chi connectivity index (χ0) is 25.5. The number of carbonyl (C=O) groups is 1. The van der Waals surface area contributed by atoms with E-state index in [0.717, 1.165) is 36.1 Å². The molecule has 0 bridgehead atoms. The lowest BCUT2D eigenvalue weighted by Crippen LogP contribution is -2.55. The molecule has 2 N–H and O–H groups in total. The van der Waals surface area contributed by atoms with Crippen LogP contribution < -0.4 is 5.32 Å². The molecule has 2 aliphatic rings. The van der Waals surface area contributed by atoms with Gasteiger partial charge in [0, 0.05) is 25.7 Å². The van der Waals surface area contributed by atoms with Crippen LogP contribution in [0.15, 0.2) is 54.6 Å². The third-order valence-electron chi connectivity index (χ3n) is 6.75. The number of hydrogen-bond acceptors (Lipinski definition) is 5. The molecule has 4 rings (SSSR count). The molecule has 2 aromatic rings. The highest BCUT2D eigenvalue weighted by Crippen LogP contribution is 2.31. The van der Waals surface area contributed by atoms with Gasteiger partial charge < -0.3 is 19.9 Å². The Morgan fingerprint density at radius 2 is 1.78 bits per heavy atom. The van der Waals surface area contributed by atoms with E-state index >= 15 is 0 Å². The molecule has 0 aliphatic carbocycles. The van der Waals surface area contributed by atoms with Crippen LogP contribution in [0.2, 0.25) is 0 Å². The summed E-state index contributed by atoms with van der Waals surface area (Å²) in [6.45, 7) is 1.72. The molecule has 0 aromatic heterocycles. The van der Waals surface area contributed by atoms with Crippen molar-refractivity contribution >= 4 is 5.91 Å². The summed E-state index contributed by atoms with van der Waals surface area (Å²) in [7, 11) is 0. The molecular weight excluding hydrogens is 473 g/mol. The number of amides is 1. The van der Waals surface area contributed by atoms with Crippen molar-refractivity contribution in [3.05, 3.63) is 71.3 Å². The smallest absolute Gasteiger partial charge is 0.389 e. The van der Waals surface area contributed by atoms with Gasteiger partial charge in [0.05, 0.1) is 43.5 Å². The third kappa shape index (κ3) is 7.52. The molecule has 2 aromatic carbocycles. The van der Waals surface area contributed by atoms with E-state index < -0.39 is 17.8 Å². The summed E-state index contributed by atoms with van der Waals surface area (Å²) >= 11 is 0. The molecule has 36 heavy (non-hydrogen) atoms. The highest BCUT2D eigenvalue weighted by Gasteiger charge is 2.38. The van der Waals surface area contributed by atoms with Gasteiger partial charge in [0.1, 0.15) is 0 Å². The van der Waals surface area contributed by atoms with Crippen molar-refractivity contribution in [2.45, 2.75) is 62.8 Å². The van der Waals surface area contributed by atoms with Gasteiger partial charge in [-0.25, -0.2) is 0 Å². The van der Waals surface area contributed by atoms with Gasteiger partial charge in [0.15, 0.2) is 0 Å². The number of nitrogens with zero attached hydrogens (tertiary/aromatic N) is 1. The second-order valence-corrected chi connectivity index (χ2v) is 9.55. The second kappa shape index (κ2) is 12.2. The summed E-state index contributed by atoms with van der Waals surface area (Å²) in [4.78, 5) is 14.6. The molecule has 4 atom stereocenters. The fraction of sp³-hybridized carbons (Fsp3) is 0.519. The van der Waals surface area contributed by atoms with E-state index in [1.165, 1.54) is 12.1 Å². The predicted molar refractivity (Wildman–Crippen MR) is 128 cm³/mol. The normalized spacial score (nSPS) is 25.4. The Labute approximate surface area is 209 Å². The Hall–Kier alpha value is -2.46. The van der Waals surface area contributed by atoms with E-state index in [0.29, 0.717) is 26.1 Å². The van der Waals surface area contributed by atoms with Crippen LogP contribution in [0.3, 0.4) is 0 Å². The van der Waals surface area contributed by atoms with Crippen LogP contribution >= 0.6 is 0 Å². The van der Waals surface area contributed by atoms with E-state index in [9.17, 15) is 23.1 Å². The van der Waals surface area contributed by atoms with Crippen LogP contribution in [0.4, 0.5) is 13.2 Å². The van der Waals surface area contributed by atoms with E-state index in [1.54, 1.807) is 0 Å². The first-order valence-corrected chi connectivity index (χ1v) is 12.4. The number of rotatable bonds is 7. The van der Waals surface area contributed by atoms with E-state index in [2.05, 4.69) is 10.2 Å². The van der Waals surface area contributed by atoms with Crippen molar-refractivity contribution < 1.29 is 32.5 Å². The average molecular weight is 507 g/mol. The fourth-order valence-corrected chi connectivity index (χ4v) is 4.93. The Kier molecular flexibility index (Phi) is 9.00. The summed E-state index contributed by atoms with van der Waals surface area (Å²) in [5, 5.41) is 13.3. The number of hydrogen-bond donors (Lipinski definition) is 2. The van der Waals surface area contributed by atoms with Crippen LogP contribution in [-0.4, -0.2) is 66.6 Å². The van der Waals surface area contributed by atoms with Gasteiger partial charge in [-0.1, -0.05) is 42.5 Å². The van der Waals surface area contributed by atoms with Crippen LogP contribution in [0, 0.1) is 0 Å². The minimum absolute atomic E-state index is 0.0572. The first kappa shape index (κ1) is 26.6. The molecule has 196 valence electrons. The fourth-order valence-electron chi connectivity index (χ4n) is 4.93. The summed E-state index contributed by atoms with van der Waals surface area (Å²) in [5.74, 6) is -0.0572. The lowest BCUT2D eigenvalue weighted by Gasteiger charge is -2.44. The number of alkyl halides is 3. The Balaban J connectivity index is 1.32. The topological polar surface area (TPSA) is 71.0 Å². The average Bonchev–Trinajstić information content (AvgIpc) is 2.83. The third-order valence-corrected chi connectivity index (χ3v) is 6.75. The maximum absolute atomic E-state index is 12.9. The Morgan fingerprint density at radius 1 is 1.03 bits per heavy atom. The minimum atomic E-state index is -4.38. The summed E-state index contributed by atoms with van der Waals surface area (Å²) in [6.07, 6.45) is -3.16. The zero-order valence-corrected chi connectivity index (χ0v) is 20.1. The SMILES string of the molecule is O=C(C[C@@H]1CC[C@H]2[C@@H](COC[C@@H](O)CN2Cc2ccc(C(F)(F)F)cc2)O1)NCCc1ccccc1. The molecule has 1 amide bonds. The molecule has 6 nitrogen and oxygen atoms in total. The number of β-amino-alcohol motifs (C(OH)–C–C–N with tert-alkyl or cyclic N) is 1. The van der Waals surface area contributed by atoms with Gasteiger partial charge in [0.25, 0.3) is 0 Å². The number of aliphatic hydroxyl groups excluding tert-OH is 1. The van der Waals surface area contributed by atoms with Crippen LogP contribution in [-0.2, 0) is 33.4 Å². The quantitative estimate of drug-likeness (QED) is 0.601. The Morgan fingerprint density at radius 3 is 2.50 bits per heavy atom. The van der Waals surface area contributed by atoms with Crippen molar-refractivity contribution in [3.63, 3.8) is 0 Å². The van der Waals surface area contributed by atoms with Crippen LogP contribution in [0.1, 0.15) is 36.0 Å². The maximum Gasteiger partial charge on any atom is 0.416 e. The predicted octanol–water partition coefficient (Wildman–Crippen LogP) is 3.56. The number of halogens is 3. The lowest BCUT2D eigenvalue weighted by molar-refractivity contribution is -0.158. The molecule has 0 radical (unpaired) electrons. The van der Waals surface area contributed by atoms with Gasteiger partial charge in [0.2, 0.25) is 5.91 Å². The number of fused-ring (bicyclic) bond motifs is 1. The minimum Gasteiger partial charge on any atom is -0.389 e. The van der Waals surface area contributed by atoms with Crippen molar-refractivity contribution in [1.82, 2.24) is 10.2 Å². The number of aliphatic hydroxyl groups is 1. The van der Waals surface area contributed by atoms with Gasteiger partial charge in [-0.3, -0.25) is 9.69 Å². The molecule has 2 aliphatic heterocycles. The van der Waals surface area contributed by atoms with E-state index in [-0.39, 0.29) is 43.8 Å². The summed E-state index contributed by atoms with van der Waals surface area (Å²) in [5.41, 5.74) is 1.21. The highest BCUT2D eigenvalue weighted by atomic mass is 19.4. The summed E-state index contributed by atoms with van der Waals surface area (Å²) in [6, 6.07) is 15.0. The maximum atomic E-state index is 12.9. The Bertz CT molecular complexity index is 971. The molecule has 0 unspecified atom stereocenters. The van der Waals surface area contributed by atoms with Crippen molar-refractivity contribution in [2.75, 3.05) is 26.3 Å². The van der Waals surface area contributed by atoms with Gasteiger partial charge in [-0.15, -0.1) is 0 Å². The van der Waals surface area contributed by atoms with E-state index in [4.69, 9.17) is 9.47 Å². The van der Waals surface area contributed by atoms with Crippen molar-refractivity contribution in [2.24, 2.45) is 0 Å². The van der Waals surface area contributed by atoms with Gasteiger partial charge in [-0.05, 0) is 42.5 Å². The molecule has 2 heterocycles. The number of ether oxygens (including phenoxy) is 2. The molecule has 9 heteroatoms. The van der Waals surface area contributed by atoms with Crippen LogP contribution in [0.5, 0.6) is 0 Å². The second-order valence-electron chi connectivity index (χ2n) is 9.55. The van der Waals surface area contributed by atoms with Gasteiger partial charge in [-0.2, -0.15) is 13.2 Å².